The van der Waals surface area contributed by atoms with Gasteiger partial charge in [0.25, 0.3) is 0 Å². The minimum Gasteiger partial charge on any atom is -0.481 e. The number of epoxide rings is 1. The SMILES string of the molecule is C1CO1.CCCCCCCCCCCC(=O)O. The maximum Gasteiger partial charge on any atom is 0.303 e. The maximum atomic E-state index is 10.2. The molecule has 17 heavy (non-hydrogen) atoms. The van der Waals surface area contributed by atoms with Gasteiger partial charge in [0.1, 0.15) is 0 Å². The Labute approximate surface area is 106 Å². The van der Waals surface area contributed by atoms with E-state index < -0.39 is 5.97 Å². The second kappa shape index (κ2) is 13.5. The number of carboxylic acids is 1. The van der Waals surface area contributed by atoms with Gasteiger partial charge in [-0.3, -0.25) is 4.79 Å². The molecule has 0 unspecified atom stereocenters. The highest BCUT2D eigenvalue weighted by Gasteiger charge is 1.96. The molecule has 1 N–H and O–H groups in total. The molecule has 0 amide bonds. The quantitative estimate of drug-likeness (QED) is 0.466. The van der Waals surface area contributed by atoms with Gasteiger partial charge >= 0.3 is 5.97 Å². The van der Waals surface area contributed by atoms with Gasteiger partial charge in [-0.05, 0) is 6.42 Å². The van der Waals surface area contributed by atoms with Crippen molar-refractivity contribution < 1.29 is 14.6 Å². The lowest BCUT2D eigenvalue weighted by Crippen LogP contribution is -1.93. The molecule has 0 saturated carbocycles. The Kier molecular flexibility index (Phi) is 13.0. The molecule has 0 bridgehead atoms. The van der Waals surface area contributed by atoms with Crippen LogP contribution in [0.4, 0.5) is 0 Å². The molecule has 0 spiro atoms. The van der Waals surface area contributed by atoms with Crippen molar-refractivity contribution in [2.45, 2.75) is 71.1 Å². The first-order valence-electron chi connectivity index (χ1n) is 7.07. The number of carbonyl (C=O) groups is 1. The number of hydrogen-bond donors (Lipinski definition) is 1. The Morgan fingerprint density at radius 2 is 1.35 bits per heavy atom. The smallest absolute Gasteiger partial charge is 0.303 e. The summed E-state index contributed by atoms with van der Waals surface area (Å²) in [7, 11) is 0. The minimum absolute atomic E-state index is 0.343. The third-order valence-electron chi connectivity index (χ3n) is 2.70. The van der Waals surface area contributed by atoms with Crippen molar-refractivity contribution in [3.05, 3.63) is 0 Å². The number of hydrogen-bond acceptors (Lipinski definition) is 2. The third-order valence-corrected chi connectivity index (χ3v) is 2.70. The van der Waals surface area contributed by atoms with Crippen LogP contribution in [-0.2, 0) is 9.53 Å². The van der Waals surface area contributed by atoms with Crippen molar-refractivity contribution in [3.8, 4) is 0 Å². The van der Waals surface area contributed by atoms with Crippen LogP contribution in [-0.4, -0.2) is 24.3 Å². The first kappa shape index (κ1) is 16.4. The van der Waals surface area contributed by atoms with Gasteiger partial charge < -0.3 is 9.84 Å². The largest absolute Gasteiger partial charge is 0.481 e. The lowest BCUT2D eigenvalue weighted by molar-refractivity contribution is -0.137. The number of rotatable bonds is 10. The minimum atomic E-state index is -0.659. The summed E-state index contributed by atoms with van der Waals surface area (Å²) in [5.41, 5.74) is 0. The molecule has 1 fully saturated rings. The van der Waals surface area contributed by atoms with Crippen LogP contribution in [0.2, 0.25) is 0 Å². The first-order valence-corrected chi connectivity index (χ1v) is 7.07. The second-order valence-electron chi connectivity index (χ2n) is 4.58. The number of aliphatic carboxylic acids is 1. The van der Waals surface area contributed by atoms with Crippen LogP contribution >= 0.6 is 0 Å². The van der Waals surface area contributed by atoms with Crippen LogP contribution in [0.1, 0.15) is 71.1 Å². The molecule has 3 heteroatoms. The zero-order valence-electron chi connectivity index (χ0n) is 11.2. The fraction of sp³-hybridized carbons (Fsp3) is 0.929. The summed E-state index contributed by atoms with van der Waals surface area (Å²) in [4.78, 5) is 10.2. The third kappa shape index (κ3) is 21.3. The molecule has 0 aromatic carbocycles. The second-order valence-corrected chi connectivity index (χ2v) is 4.58. The Morgan fingerprint density at radius 3 is 1.71 bits per heavy atom. The van der Waals surface area contributed by atoms with Gasteiger partial charge in [0.05, 0.1) is 13.2 Å². The van der Waals surface area contributed by atoms with Gasteiger partial charge in [0.15, 0.2) is 0 Å². The predicted molar refractivity (Wildman–Crippen MR) is 70.3 cm³/mol. The standard InChI is InChI=1S/C12H24O2.C2H4O/c1-2-3-4-5-6-7-8-9-10-11-12(13)14;1-2-3-1/h2-11H2,1H3,(H,13,14);1-2H2. The fourth-order valence-corrected chi connectivity index (χ4v) is 1.59. The Morgan fingerprint density at radius 1 is 0.941 bits per heavy atom. The highest BCUT2D eigenvalue weighted by molar-refractivity contribution is 5.66. The van der Waals surface area contributed by atoms with E-state index in [4.69, 9.17) is 5.11 Å². The van der Waals surface area contributed by atoms with Crippen molar-refractivity contribution in [3.63, 3.8) is 0 Å². The van der Waals surface area contributed by atoms with Crippen LogP contribution in [0, 0.1) is 0 Å². The molecule has 0 aromatic heterocycles. The number of unbranched alkanes of at least 4 members (excludes halogenated alkanes) is 8. The molecular formula is C14H28O3. The lowest BCUT2D eigenvalue weighted by atomic mass is 10.1. The highest BCUT2D eigenvalue weighted by atomic mass is 16.6. The fourth-order valence-electron chi connectivity index (χ4n) is 1.59. The predicted octanol–water partition coefficient (Wildman–Crippen LogP) is 4.01. The molecule has 3 nitrogen and oxygen atoms in total. The topological polar surface area (TPSA) is 49.8 Å². The van der Waals surface area contributed by atoms with Crippen LogP contribution < -0.4 is 0 Å². The van der Waals surface area contributed by atoms with E-state index in [9.17, 15) is 4.79 Å². The summed E-state index contributed by atoms with van der Waals surface area (Å²) >= 11 is 0. The molecule has 1 rings (SSSR count). The van der Waals surface area contributed by atoms with Crippen molar-refractivity contribution in [2.24, 2.45) is 0 Å². The van der Waals surface area contributed by atoms with E-state index in [1.807, 2.05) is 0 Å². The van der Waals surface area contributed by atoms with Gasteiger partial charge in [-0.2, -0.15) is 0 Å². The maximum absolute atomic E-state index is 10.2. The van der Waals surface area contributed by atoms with E-state index in [-0.39, 0.29) is 0 Å². The van der Waals surface area contributed by atoms with E-state index in [1.54, 1.807) is 0 Å². The molecule has 1 heterocycles. The van der Waals surface area contributed by atoms with Crippen molar-refractivity contribution in [1.29, 1.82) is 0 Å². The van der Waals surface area contributed by atoms with E-state index in [0.717, 1.165) is 26.1 Å². The molecule has 0 atom stereocenters. The Balaban J connectivity index is 0.000000728. The van der Waals surface area contributed by atoms with Crippen LogP contribution in [0.15, 0.2) is 0 Å². The van der Waals surface area contributed by atoms with Crippen LogP contribution in [0.5, 0.6) is 0 Å². The van der Waals surface area contributed by atoms with Gasteiger partial charge in [0.2, 0.25) is 0 Å². The van der Waals surface area contributed by atoms with Crippen LogP contribution in [0.25, 0.3) is 0 Å². The van der Waals surface area contributed by atoms with E-state index >= 15 is 0 Å². The van der Waals surface area contributed by atoms with Gasteiger partial charge in [0, 0.05) is 6.42 Å². The first-order chi connectivity index (χ1) is 8.27. The molecule has 0 radical (unpaired) electrons. The monoisotopic (exact) mass is 244 g/mol. The molecular weight excluding hydrogens is 216 g/mol. The molecule has 1 aliphatic rings. The summed E-state index contributed by atoms with van der Waals surface area (Å²) < 4.78 is 4.50. The number of carboxylic acid groups (broad SMARTS) is 1. The average Bonchev–Trinajstić information content (AvgIpc) is 3.14. The lowest BCUT2D eigenvalue weighted by Gasteiger charge is -2.00. The van der Waals surface area contributed by atoms with E-state index in [2.05, 4.69) is 11.7 Å². The Bertz CT molecular complexity index is 164. The average molecular weight is 244 g/mol. The van der Waals surface area contributed by atoms with Crippen LogP contribution in [0.3, 0.4) is 0 Å². The van der Waals surface area contributed by atoms with Gasteiger partial charge in [-0.25, -0.2) is 0 Å². The zero-order chi connectivity index (χ0) is 12.8. The summed E-state index contributed by atoms with van der Waals surface area (Å²) in [6.07, 6.45) is 11.5. The van der Waals surface area contributed by atoms with E-state index in [1.165, 1.54) is 44.9 Å². The summed E-state index contributed by atoms with van der Waals surface area (Å²) in [6, 6.07) is 0. The van der Waals surface area contributed by atoms with Gasteiger partial charge in [-0.1, -0.05) is 58.3 Å². The van der Waals surface area contributed by atoms with Gasteiger partial charge in [-0.15, -0.1) is 0 Å². The summed E-state index contributed by atoms with van der Waals surface area (Å²) in [5.74, 6) is -0.659. The molecule has 102 valence electrons. The summed E-state index contributed by atoms with van der Waals surface area (Å²) in [5, 5.41) is 8.41. The van der Waals surface area contributed by atoms with E-state index in [0.29, 0.717) is 6.42 Å². The normalized spacial score (nSPS) is 12.8. The van der Waals surface area contributed by atoms with Crippen molar-refractivity contribution >= 4 is 5.97 Å². The highest BCUT2D eigenvalue weighted by Crippen LogP contribution is 2.10. The molecule has 0 aromatic rings. The molecule has 1 aliphatic heterocycles. The zero-order valence-corrected chi connectivity index (χ0v) is 11.2. The van der Waals surface area contributed by atoms with Crippen molar-refractivity contribution in [1.82, 2.24) is 0 Å². The Hall–Kier alpha value is -0.570. The molecule has 1 saturated heterocycles. The summed E-state index contributed by atoms with van der Waals surface area (Å²) in [6.45, 7) is 4.23. The van der Waals surface area contributed by atoms with Crippen molar-refractivity contribution in [2.75, 3.05) is 13.2 Å². The molecule has 0 aliphatic carbocycles. The number of ether oxygens (including phenoxy) is 1.